The normalized spacial score (nSPS) is 18.2. The largest absolute Gasteiger partial charge is 0.497 e. The van der Waals surface area contributed by atoms with Crippen LogP contribution in [0.5, 0.6) is 5.75 Å². The van der Waals surface area contributed by atoms with Gasteiger partial charge in [0.1, 0.15) is 5.75 Å². The number of nitrogens with zero attached hydrogens (tertiary/aromatic N) is 2. The van der Waals surface area contributed by atoms with Gasteiger partial charge in [-0.25, -0.2) is 4.99 Å². The molecule has 1 aliphatic rings. The zero-order chi connectivity index (χ0) is 19.9. The topological polar surface area (TPSA) is 71.0 Å². The maximum Gasteiger partial charge on any atom is 0.234 e. The molecule has 0 aliphatic carbocycles. The minimum Gasteiger partial charge on any atom is -0.497 e. The van der Waals surface area contributed by atoms with Crippen LogP contribution in [0.2, 0.25) is 0 Å². The van der Waals surface area contributed by atoms with Crippen LogP contribution in [-0.4, -0.2) is 40.8 Å². The fourth-order valence-electron chi connectivity index (χ4n) is 2.82. The Morgan fingerprint density at radius 1 is 1.21 bits per heavy atom. The molecule has 0 saturated carbocycles. The predicted octanol–water partition coefficient (Wildman–Crippen LogP) is 3.35. The molecule has 2 amide bonds. The Bertz CT molecular complexity index is 853. The summed E-state index contributed by atoms with van der Waals surface area (Å²) >= 11 is 1.33. The SMILES string of the molecule is CCNC(=O)[C@H]1CC(=O)N(Cc2ccccc2)C(=Nc2ccc(OC)cc2)S1. The molecule has 2 aromatic rings. The number of benzene rings is 2. The Kier molecular flexibility index (Phi) is 6.71. The number of ether oxygens (including phenoxy) is 1. The number of amidine groups is 1. The number of thioether (sulfide) groups is 1. The van der Waals surface area contributed by atoms with Crippen molar-refractivity contribution in [3.05, 3.63) is 60.2 Å². The van der Waals surface area contributed by atoms with Crippen molar-refractivity contribution in [2.24, 2.45) is 4.99 Å². The van der Waals surface area contributed by atoms with E-state index in [0.717, 1.165) is 11.3 Å². The lowest BCUT2D eigenvalue weighted by Crippen LogP contribution is -2.46. The van der Waals surface area contributed by atoms with Gasteiger partial charge >= 0.3 is 0 Å². The third-order valence-corrected chi connectivity index (χ3v) is 5.45. The molecule has 1 N–H and O–H groups in total. The molecule has 2 aromatic carbocycles. The molecule has 1 fully saturated rings. The molecule has 146 valence electrons. The fourth-order valence-corrected chi connectivity index (χ4v) is 3.94. The Morgan fingerprint density at radius 3 is 2.57 bits per heavy atom. The van der Waals surface area contributed by atoms with Gasteiger partial charge in [0.15, 0.2) is 5.17 Å². The van der Waals surface area contributed by atoms with Crippen molar-refractivity contribution in [1.29, 1.82) is 0 Å². The van der Waals surface area contributed by atoms with Crippen LogP contribution in [0.1, 0.15) is 18.9 Å². The number of nitrogens with one attached hydrogen (secondary N) is 1. The van der Waals surface area contributed by atoms with E-state index in [2.05, 4.69) is 10.3 Å². The molecule has 7 heteroatoms. The molecule has 0 unspecified atom stereocenters. The molecule has 1 saturated heterocycles. The molecule has 6 nitrogen and oxygen atoms in total. The molecule has 0 spiro atoms. The smallest absolute Gasteiger partial charge is 0.234 e. The molecular weight excluding hydrogens is 374 g/mol. The highest BCUT2D eigenvalue weighted by molar-refractivity contribution is 8.15. The number of methoxy groups -OCH3 is 1. The average molecular weight is 398 g/mol. The van der Waals surface area contributed by atoms with Crippen molar-refractivity contribution in [2.75, 3.05) is 13.7 Å². The molecular formula is C21H23N3O3S. The first-order chi connectivity index (χ1) is 13.6. The van der Waals surface area contributed by atoms with Gasteiger partial charge in [0.2, 0.25) is 11.8 Å². The van der Waals surface area contributed by atoms with Crippen LogP contribution < -0.4 is 10.1 Å². The third kappa shape index (κ3) is 4.92. The minimum absolute atomic E-state index is 0.105. The van der Waals surface area contributed by atoms with Crippen molar-refractivity contribution < 1.29 is 14.3 Å². The lowest BCUT2D eigenvalue weighted by molar-refractivity contribution is -0.130. The molecule has 0 bridgehead atoms. The Balaban J connectivity index is 1.90. The third-order valence-electron chi connectivity index (χ3n) is 4.26. The van der Waals surface area contributed by atoms with Gasteiger partial charge in [-0.15, -0.1) is 0 Å². The summed E-state index contributed by atoms with van der Waals surface area (Å²) in [7, 11) is 1.61. The van der Waals surface area contributed by atoms with Crippen molar-refractivity contribution in [3.63, 3.8) is 0 Å². The summed E-state index contributed by atoms with van der Waals surface area (Å²) in [5.41, 5.74) is 1.71. The number of carbonyl (C=O) groups excluding carboxylic acids is 2. The number of hydrogen-bond acceptors (Lipinski definition) is 5. The number of aliphatic imine (C=N–C) groups is 1. The van der Waals surface area contributed by atoms with Crippen LogP contribution in [0.4, 0.5) is 5.69 Å². The molecule has 3 rings (SSSR count). The second kappa shape index (κ2) is 9.41. The molecule has 1 heterocycles. The van der Waals surface area contributed by atoms with Crippen molar-refractivity contribution >= 4 is 34.4 Å². The van der Waals surface area contributed by atoms with Crippen LogP contribution in [0, 0.1) is 0 Å². The second-order valence-electron chi connectivity index (χ2n) is 6.26. The van der Waals surface area contributed by atoms with Gasteiger partial charge in [-0.1, -0.05) is 42.1 Å². The van der Waals surface area contributed by atoms with E-state index in [0.29, 0.717) is 23.9 Å². The van der Waals surface area contributed by atoms with Gasteiger partial charge in [-0.3, -0.25) is 14.5 Å². The van der Waals surface area contributed by atoms with Crippen molar-refractivity contribution in [3.8, 4) is 5.75 Å². The molecule has 28 heavy (non-hydrogen) atoms. The van der Waals surface area contributed by atoms with E-state index in [1.165, 1.54) is 11.8 Å². The summed E-state index contributed by atoms with van der Waals surface area (Å²) in [6.45, 7) is 2.81. The van der Waals surface area contributed by atoms with Crippen LogP contribution >= 0.6 is 11.8 Å². The second-order valence-corrected chi connectivity index (χ2v) is 7.43. The van der Waals surface area contributed by atoms with Gasteiger partial charge in [0, 0.05) is 13.0 Å². The van der Waals surface area contributed by atoms with Gasteiger partial charge in [0.25, 0.3) is 0 Å². The Labute approximate surface area is 169 Å². The standard InChI is InChI=1S/C21H23N3O3S/c1-3-22-20(26)18-13-19(25)24(14-15-7-5-4-6-8-15)21(28-18)23-16-9-11-17(27-2)12-10-16/h4-12,18H,3,13-14H2,1-2H3,(H,22,26)/t18-/m1/s1. The van der Waals surface area contributed by atoms with Gasteiger partial charge < -0.3 is 10.1 Å². The number of amides is 2. The summed E-state index contributed by atoms with van der Waals surface area (Å²) in [5, 5.41) is 2.85. The van der Waals surface area contributed by atoms with E-state index in [-0.39, 0.29) is 18.2 Å². The average Bonchev–Trinajstić information content (AvgIpc) is 2.72. The molecule has 1 atom stereocenters. The fraction of sp³-hybridized carbons (Fsp3) is 0.286. The summed E-state index contributed by atoms with van der Waals surface area (Å²) < 4.78 is 5.18. The van der Waals surface area contributed by atoms with Crippen LogP contribution in [-0.2, 0) is 16.1 Å². The molecule has 0 aromatic heterocycles. The highest BCUT2D eigenvalue weighted by atomic mass is 32.2. The minimum atomic E-state index is -0.475. The van der Waals surface area contributed by atoms with Crippen LogP contribution in [0.3, 0.4) is 0 Å². The quantitative estimate of drug-likeness (QED) is 0.811. The van der Waals surface area contributed by atoms with Gasteiger partial charge in [-0.05, 0) is 36.8 Å². The first kappa shape index (κ1) is 19.9. The van der Waals surface area contributed by atoms with Gasteiger partial charge in [0.05, 0.1) is 24.6 Å². The monoisotopic (exact) mass is 397 g/mol. The Morgan fingerprint density at radius 2 is 1.93 bits per heavy atom. The predicted molar refractivity (Wildman–Crippen MR) is 112 cm³/mol. The highest BCUT2D eigenvalue weighted by Gasteiger charge is 2.35. The first-order valence-corrected chi connectivity index (χ1v) is 10.00. The number of rotatable bonds is 6. The molecule has 1 aliphatic heterocycles. The number of hydrogen-bond donors (Lipinski definition) is 1. The number of carbonyl (C=O) groups is 2. The maximum atomic E-state index is 12.9. The molecule has 0 radical (unpaired) electrons. The lowest BCUT2D eigenvalue weighted by Gasteiger charge is -2.31. The van der Waals surface area contributed by atoms with E-state index < -0.39 is 5.25 Å². The zero-order valence-electron chi connectivity index (χ0n) is 15.9. The van der Waals surface area contributed by atoms with Crippen LogP contribution in [0.15, 0.2) is 59.6 Å². The first-order valence-electron chi connectivity index (χ1n) is 9.12. The van der Waals surface area contributed by atoms with E-state index in [1.807, 2.05) is 61.5 Å². The van der Waals surface area contributed by atoms with E-state index >= 15 is 0 Å². The summed E-state index contributed by atoms with van der Waals surface area (Å²) in [6.07, 6.45) is 0.158. The summed E-state index contributed by atoms with van der Waals surface area (Å²) in [5.74, 6) is 0.492. The van der Waals surface area contributed by atoms with Crippen molar-refractivity contribution in [1.82, 2.24) is 10.2 Å². The summed E-state index contributed by atoms with van der Waals surface area (Å²) in [6, 6.07) is 17.0. The van der Waals surface area contributed by atoms with Crippen LogP contribution in [0.25, 0.3) is 0 Å². The maximum absolute atomic E-state index is 12.9. The van der Waals surface area contributed by atoms with Gasteiger partial charge in [-0.2, -0.15) is 0 Å². The highest BCUT2D eigenvalue weighted by Crippen LogP contribution is 2.30. The van der Waals surface area contributed by atoms with E-state index in [1.54, 1.807) is 12.0 Å². The zero-order valence-corrected chi connectivity index (χ0v) is 16.7. The van der Waals surface area contributed by atoms with E-state index in [9.17, 15) is 9.59 Å². The summed E-state index contributed by atoms with van der Waals surface area (Å²) in [4.78, 5) is 31.5. The van der Waals surface area contributed by atoms with Crippen molar-refractivity contribution in [2.45, 2.75) is 25.1 Å². The Hall–Kier alpha value is -2.80. The lowest BCUT2D eigenvalue weighted by atomic mass is 10.2. The van der Waals surface area contributed by atoms with E-state index in [4.69, 9.17) is 4.74 Å².